The first-order valence-electron chi connectivity index (χ1n) is 14.1. The highest BCUT2D eigenvalue weighted by Gasteiger charge is 2.74. The highest BCUT2D eigenvalue weighted by molar-refractivity contribution is 6.25. The molecule has 10 N–H and O–H groups in total. The van der Waals surface area contributed by atoms with Crippen LogP contribution in [-0.4, -0.2) is 79.8 Å². The Morgan fingerprint density at radius 1 is 1.20 bits per heavy atom. The number of hydrogen-bond donors (Lipinski definition) is 7. The van der Waals surface area contributed by atoms with Crippen LogP contribution in [0.2, 0.25) is 0 Å². The number of benzene rings is 1. The Bertz CT molecular complexity index is 1800. The average Bonchev–Trinajstić information content (AvgIpc) is 2.96. The maximum Gasteiger partial charge on any atom is 0.255 e. The summed E-state index contributed by atoms with van der Waals surface area (Å²) in [4.78, 5) is 58.3. The molecule has 1 heterocycles. The molecule has 45 heavy (non-hydrogen) atoms. The minimum Gasteiger partial charge on any atom is -0.509 e. The fraction of sp³-hybridized carbons (Fsp3) is 0.355. The Morgan fingerprint density at radius 3 is 2.44 bits per heavy atom. The lowest BCUT2D eigenvalue weighted by Crippen LogP contribution is -2.80. The molecule has 2 aromatic rings. The molecule has 0 unspecified atom stereocenters. The van der Waals surface area contributed by atoms with Gasteiger partial charge in [-0.2, -0.15) is 5.26 Å². The van der Waals surface area contributed by atoms with Gasteiger partial charge in [-0.15, -0.1) is 0 Å². The van der Waals surface area contributed by atoms with Crippen LogP contribution in [0.1, 0.15) is 46.0 Å². The fourth-order valence-electron chi connectivity index (χ4n) is 7.26. The number of nitriles is 1. The molecule has 0 aliphatic heterocycles. The summed E-state index contributed by atoms with van der Waals surface area (Å²) >= 11 is 0. The molecule has 3 aliphatic rings. The third-order valence-electron chi connectivity index (χ3n) is 9.17. The van der Waals surface area contributed by atoms with Crippen LogP contribution in [0.5, 0.6) is 5.75 Å². The van der Waals surface area contributed by atoms with Crippen molar-refractivity contribution in [2.75, 3.05) is 14.1 Å². The number of amides is 2. The lowest BCUT2D eigenvalue weighted by atomic mass is 9.47. The van der Waals surface area contributed by atoms with Crippen LogP contribution in [0, 0.1) is 16.7 Å². The summed E-state index contributed by atoms with van der Waals surface area (Å²) in [5.74, 6) is -6.44. The number of carbonyl (C=O) groups is 4. The van der Waals surface area contributed by atoms with Crippen LogP contribution in [-0.2, 0) is 33.8 Å². The van der Waals surface area contributed by atoms with Crippen molar-refractivity contribution >= 4 is 29.1 Å². The van der Waals surface area contributed by atoms with Gasteiger partial charge in [0.15, 0.2) is 17.0 Å². The zero-order valence-electron chi connectivity index (χ0n) is 24.8. The van der Waals surface area contributed by atoms with Gasteiger partial charge in [0.25, 0.3) is 11.8 Å². The van der Waals surface area contributed by atoms with Crippen LogP contribution < -0.4 is 22.5 Å². The second kappa shape index (κ2) is 10.5. The second-order valence-electron chi connectivity index (χ2n) is 12.0. The molecule has 1 aromatic heterocycles. The average molecular weight is 616 g/mol. The predicted octanol–water partition coefficient (Wildman–Crippen LogP) is -0.207. The number of nitrogens with one attached hydrogen (secondary N) is 1. The smallest absolute Gasteiger partial charge is 0.255 e. The minimum absolute atomic E-state index is 0.128. The summed E-state index contributed by atoms with van der Waals surface area (Å²) in [6, 6.07) is 5.08. The van der Waals surface area contributed by atoms with Gasteiger partial charge in [-0.25, -0.2) is 0 Å². The van der Waals surface area contributed by atoms with Gasteiger partial charge in [-0.05, 0) is 56.6 Å². The van der Waals surface area contributed by atoms with E-state index in [-0.39, 0.29) is 29.7 Å². The molecule has 14 heteroatoms. The Balaban J connectivity index is 1.72. The molecular weight excluding hydrogens is 582 g/mol. The Hall–Kier alpha value is -5.10. The summed E-state index contributed by atoms with van der Waals surface area (Å²) in [5, 5.41) is 47.7. The number of Topliss-reactive ketones (excluding diaryl/α,β-unsaturated/α-hetero) is 2. The number of fused-ring (bicyclic) bond motifs is 3. The van der Waals surface area contributed by atoms with Gasteiger partial charge in [0.1, 0.15) is 22.8 Å². The molecule has 234 valence electrons. The number of nitrogens with zero attached hydrogens (tertiary/aromatic N) is 3. The van der Waals surface area contributed by atoms with Gasteiger partial charge < -0.3 is 37.8 Å². The molecule has 1 fully saturated rings. The number of aryl methyl sites for hydroxylation is 1. The van der Waals surface area contributed by atoms with Crippen LogP contribution in [0.25, 0.3) is 5.76 Å². The molecule has 0 bridgehead atoms. The number of aromatic hydroxyl groups is 1. The topological polar surface area (TPSA) is 259 Å². The molecule has 0 radical (unpaired) electrons. The fourth-order valence-corrected chi connectivity index (χ4v) is 7.26. The second-order valence-corrected chi connectivity index (χ2v) is 12.0. The Kier molecular flexibility index (Phi) is 7.32. The van der Waals surface area contributed by atoms with E-state index < -0.39 is 80.8 Å². The van der Waals surface area contributed by atoms with Gasteiger partial charge in [0.05, 0.1) is 39.9 Å². The largest absolute Gasteiger partial charge is 0.509 e. The van der Waals surface area contributed by atoms with Crippen molar-refractivity contribution in [2.45, 2.75) is 49.9 Å². The first-order chi connectivity index (χ1) is 21.1. The molecule has 1 aromatic carbocycles. The van der Waals surface area contributed by atoms with Crippen LogP contribution in [0.3, 0.4) is 0 Å². The van der Waals surface area contributed by atoms with Crippen molar-refractivity contribution in [1.82, 2.24) is 15.2 Å². The van der Waals surface area contributed by atoms with Crippen molar-refractivity contribution in [3.8, 4) is 11.8 Å². The van der Waals surface area contributed by atoms with Gasteiger partial charge in [-0.1, -0.05) is 13.0 Å². The van der Waals surface area contributed by atoms with E-state index in [9.17, 15) is 39.8 Å². The van der Waals surface area contributed by atoms with E-state index in [1.807, 2.05) is 6.92 Å². The standard InChI is InChI=1S/C31H33N7O7/c1-4-14-8-16(11-37-28(45)15-6-5-7-36-10-15)21(39)18-17(14)9-29(34)12-31(35)24(38(2)3)23(41)19(27(33)44)25(42)30(31,13-32)26(43)20(29)22(18)40/h5-8,10,24,39-40,42H,4,9,11-12,34-35H2,1-3H3,(H2,33,44)(H,37,45)/t24-,29-,30+,31-/m1/s1. The maximum absolute atomic E-state index is 14.5. The first kappa shape index (κ1) is 31.3. The lowest BCUT2D eigenvalue weighted by Gasteiger charge is -2.58. The van der Waals surface area contributed by atoms with E-state index in [1.165, 1.54) is 31.4 Å². The number of ketones is 2. The molecule has 4 atom stereocenters. The summed E-state index contributed by atoms with van der Waals surface area (Å²) in [6.45, 7) is 1.67. The molecule has 0 saturated heterocycles. The number of aromatic nitrogens is 1. The molecule has 5 rings (SSSR count). The third kappa shape index (κ3) is 4.16. The van der Waals surface area contributed by atoms with Crippen molar-refractivity contribution in [1.29, 1.82) is 5.26 Å². The van der Waals surface area contributed by atoms with Gasteiger partial charge in [0.2, 0.25) is 0 Å². The van der Waals surface area contributed by atoms with E-state index in [0.717, 1.165) is 0 Å². The Morgan fingerprint density at radius 2 is 1.89 bits per heavy atom. The number of phenolic OH excluding ortho intramolecular Hbond substituents is 1. The number of pyridine rings is 1. The van der Waals surface area contributed by atoms with Crippen LogP contribution in [0.4, 0.5) is 0 Å². The van der Waals surface area contributed by atoms with Crippen molar-refractivity contribution in [3.63, 3.8) is 0 Å². The van der Waals surface area contributed by atoms with Crippen molar-refractivity contribution < 1.29 is 34.5 Å². The number of aliphatic hydroxyl groups excluding tert-OH is 2. The summed E-state index contributed by atoms with van der Waals surface area (Å²) < 4.78 is 0. The SMILES string of the molecule is CCc1cc(CNC(=O)c2cccnc2)c(O)c2c1C[C@@]1(N)C[C@@]3(N)[C@H](N(C)C)C(=O)C(C(N)=O)=C(O)[C@@]3(C#N)C(=O)C1=C2O. The zero-order chi connectivity index (χ0) is 33.2. The van der Waals surface area contributed by atoms with Gasteiger partial charge in [-0.3, -0.25) is 29.1 Å². The van der Waals surface area contributed by atoms with E-state index in [4.69, 9.17) is 17.2 Å². The highest BCUT2D eigenvalue weighted by Crippen LogP contribution is 2.58. The summed E-state index contributed by atoms with van der Waals surface area (Å²) in [7, 11) is 2.91. The maximum atomic E-state index is 14.5. The molecule has 1 saturated carbocycles. The zero-order valence-corrected chi connectivity index (χ0v) is 24.8. The first-order valence-corrected chi connectivity index (χ1v) is 14.1. The lowest BCUT2D eigenvalue weighted by molar-refractivity contribution is -0.139. The predicted molar refractivity (Wildman–Crippen MR) is 159 cm³/mol. The number of likely N-dealkylation sites (N-methyl/N-ethyl adjacent to an activating group) is 1. The number of carbonyl (C=O) groups excluding carboxylic acids is 4. The number of nitrogens with two attached hydrogens (primary N) is 3. The molecule has 2 amide bonds. The van der Waals surface area contributed by atoms with Gasteiger partial charge in [0, 0.05) is 24.5 Å². The number of hydrogen-bond acceptors (Lipinski definition) is 12. The monoisotopic (exact) mass is 615 g/mol. The Labute approximate surface area is 257 Å². The van der Waals surface area contributed by atoms with Crippen LogP contribution >= 0.6 is 0 Å². The van der Waals surface area contributed by atoms with Gasteiger partial charge >= 0.3 is 0 Å². The summed E-state index contributed by atoms with van der Waals surface area (Å²) in [6.07, 6.45) is 2.69. The molecular formula is C31H33N7O7. The molecule has 3 aliphatic carbocycles. The number of aliphatic hydroxyl groups is 2. The third-order valence-corrected chi connectivity index (χ3v) is 9.17. The van der Waals surface area contributed by atoms with E-state index in [2.05, 4.69) is 10.3 Å². The number of phenols is 1. The molecule has 14 nitrogen and oxygen atoms in total. The number of rotatable bonds is 6. The molecule has 0 spiro atoms. The van der Waals surface area contributed by atoms with E-state index >= 15 is 0 Å². The number of primary amides is 1. The van der Waals surface area contributed by atoms with Crippen molar-refractivity contribution in [3.05, 3.63) is 75.3 Å². The summed E-state index contributed by atoms with van der Waals surface area (Å²) in [5.41, 5.74) is 12.5. The van der Waals surface area contributed by atoms with Crippen LogP contribution in [0.15, 0.2) is 47.5 Å². The quantitative estimate of drug-likeness (QED) is 0.208. The van der Waals surface area contributed by atoms with E-state index in [0.29, 0.717) is 17.5 Å². The minimum atomic E-state index is -2.75. The normalized spacial score (nSPS) is 27.4. The van der Waals surface area contributed by atoms with E-state index in [1.54, 1.807) is 24.3 Å². The highest BCUT2D eigenvalue weighted by atomic mass is 16.3. The van der Waals surface area contributed by atoms with Crippen molar-refractivity contribution in [2.24, 2.45) is 22.6 Å².